The lowest BCUT2D eigenvalue weighted by atomic mass is 10.1. The lowest BCUT2D eigenvalue weighted by Gasteiger charge is -2.11. The molecule has 0 aliphatic carbocycles. The molecular formula is C16H24N4O2. The predicted octanol–water partition coefficient (Wildman–Crippen LogP) is 3.07. The smallest absolute Gasteiger partial charge is 0.270 e. The second-order valence-electron chi connectivity index (χ2n) is 5.69. The Labute approximate surface area is 130 Å². The highest BCUT2D eigenvalue weighted by molar-refractivity contribution is 5.92. The highest BCUT2D eigenvalue weighted by Crippen LogP contribution is 2.17. The molecule has 0 aromatic carbocycles. The van der Waals surface area contributed by atoms with E-state index in [9.17, 15) is 4.79 Å². The van der Waals surface area contributed by atoms with Crippen LogP contribution in [-0.2, 0) is 13.0 Å². The molecule has 0 aliphatic rings. The maximum absolute atomic E-state index is 12.5. The number of amides is 1. The van der Waals surface area contributed by atoms with Crippen molar-refractivity contribution in [2.24, 2.45) is 0 Å². The van der Waals surface area contributed by atoms with Crippen molar-refractivity contribution in [3.05, 3.63) is 35.0 Å². The maximum Gasteiger partial charge on any atom is 0.270 e. The Balaban J connectivity index is 2.14. The fourth-order valence-electron chi connectivity index (χ4n) is 2.18. The van der Waals surface area contributed by atoms with Crippen LogP contribution in [0.25, 0.3) is 0 Å². The zero-order chi connectivity index (χ0) is 16.3. The van der Waals surface area contributed by atoms with Crippen LogP contribution >= 0.6 is 0 Å². The lowest BCUT2D eigenvalue weighted by Crippen LogP contribution is -2.28. The summed E-state index contributed by atoms with van der Waals surface area (Å²) >= 11 is 0. The molecule has 0 saturated heterocycles. The van der Waals surface area contributed by atoms with Gasteiger partial charge in [-0.2, -0.15) is 5.10 Å². The second-order valence-corrected chi connectivity index (χ2v) is 5.69. The summed E-state index contributed by atoms with van der Waals surface area (Å²) in [5, 5.41) is 11.4. The summed E-state index contributed by atoms with van der Waals surface area (Å²) in [5.41, 5.74) is 2.39. The van der Waals surface area contributed by atoms with Crippen molar-refractivity contribution in [1.82, 2.24) is 20.3 Å². The van der Waals surface area contributed by atoms with Crippen molar-refractivity contribution in [1.29, 1.82) is 0 Å². The van der Waals surface area contributed by atoms with Crippen molar-refractivity contribution < 1.29 is 9.32 Å². The fraction of sp³-hybridized carbons (Fsp3) is 0.562. The van der Waals surface area contributed by atoms with Gasteiger partial charge in [0.1, 0.15) is 5.69 Å². The van der Waals surface area contributed by atoms with Crippen molar-refractivity contribution in [2.45, 2.75) is 59.5 Å². The number of aromatic nitrogens is 3. The van der Waals surface area contributed by atoms with E-state index in [0.717, 1.165) is 17.8 Å². The molecule has 6 heteroatoms. The van der Waals surface area contributed by atoms with Gasteiger partial charge in [-0.3, -0.25) is 9.48 Å². The quantitative estimate of drug-likeness (QED) is 0.890. The molecule has 1 atom stereocenters. The maximum atomic E-state index is 12.5. The first-order valence-corrected chi connectivity index (χ1v) is 7.80. The first-order valence-electron chi connectivity index (χ1n) is 7.80. The highest BCUT2D eigenvalue weighted by Gasteiger charge is 2.20. The van der Waals surface area contributed by atoms with Gasteiger partial charge in [0.2, 0.25) is 0 Å². The Hall–Kier alpha value is -2.11. The zero-order valence-corrected chi connectivity index (χ0v) is 13.9. The summed E-state index contributed by atoms with van der Waals surface area (Å²) in [5.74, 6) is 0.804. The van der Waals surface area contributed by atoms with E-state index in [2.05, 4.69) is 29.4 Å². The molecule has 2 heterocycles. The molecule has 0 spiro atoms. The summed E-state index contributed by atoms with van der Waals surface area (Å²) in [7, 11) is 0. The molecule has 6 nitrogen and oxygen atoms in total. The van der Waals surface area contributed by atoms with E-state index < -0.39 is 0 Å². The molecule has 0 fully saturated rings. The predicted molar refractivity (Wildman–Crippen MR) is 83.8 cm³/mol. The lowest BCUT2D eigenvalue weighted by molar-refractivity contribution is 0.0923. The molecule has 0 bridgehead atoms. The van der Waals surface area contributed by atoms with E-state index in [1.807, 2.05) is 32.9 Å². The van der Waals surface area contributed by atoms with Crippen LogP contribution in [0.3, 0.4) is 0 Å². The summed E-state index contributed by atoms with van der Waals surface area (Å²) in [6.45, 7) is 10.7. The minimum atomic E-state index is -0.233. The molecule has 1 N–H and O–H groups in total. The van der Waals surface area contributed by atoms with Crippen molar-refractivity contribution in [2.75, 3.05) is 0 Å². The topological polar surface area (TPSA) is 73.0 Å². The van der Waals surface area contributed by atoms with Gasteiger partial charge in [0.25, 0.3) is 5.91 Å². The van der Waals surface area contributed by atoms with Crippen LogP contribution in [-0.4, -0.2) is 20.8 Å². The monoisotopic (exact) mass is 304 g/mol. The molecule has 0 saturated carbocycles. The van der Waals surface area contributed by atoms with Gasteiger partial charge in [0.05, 0.1) is 17.4 Å². The fourth-order valence-corrected chi connectivity index (χ4v) is 2.18. The van der Waals surface area contributed by atoms with Gasteiger partial charge in [-0.25, -0.2) is 0 Å². The van der Waals surface area contributed by atoms with Crippen LogP contribution in [0, 0.1) is 0 Å². The van der Waals surface area contributed by atoms with Gasteiger partial charge < -0.3 is 9.84 Å². The number of carbonyl (C=O) groups is 1. The average Bonchev–Trinajstić information content (AvgIpc) is 3.13. The van der Waals surface area contributed by atoms with Crippen molar-refractivity contribution >= 4 is 5.91 Å². The van der Waals surface area contributed by atoms with Crippen LogP contribution in [0.4, 0.5) is 0 Å². The minimum Gasteiger partial charge on any atom is -0.359 e. The van der Waals surface area contributed by atoms with E-state index in [-0.39, 0.29) is 17.9 Å². The zero-order valence-electron chi connectivity index (χ0n) is 13.9. The van der Waals surface area contributed by atoms with E-state index in [1.54, 1.807) is 4.68 Å². The Bertz CT molecular complexity index is 642. The SMILES string of the molecule is CCc1cc([C@H](C)NC(=O)c2cc(C(C)C)nn2CC)on1. The molecule has 1 amide bonds. The van der Waals surface area contributed by atoms with Gasteiger partial charge in [0.15, 0.2) is 5.76 Å². The van der Waals surface area contributed by atoms with Gasteiger partial charge >= 0.3 is 0 Å². The highest BCUT2D eigenvalue weighted by atomic mass is 16.5. The number of rotatable bonds is 6. The molecule has 0 aliphatic heterocycles. The van der Waals surface area contributed by atoms with Gasteiger partial charge in [0, 0.05) is 12.6 Å². The molecule has 2 aromatic rings. The van der Waals surface area contributed by atoms with E-state index >= 15 is 0 Å². The molecule has 22 heavy (non-hydrogen) atoms. The summed E-state index contributed by atoms with van der Waals surface area (Å²) in [4.78, 5) is 12.5. The van der Waals surface area contributed by atoms with E-state index in [1.165, 1.54) is 0 Å². The van der Waals surface area contributed by atoms with Gasteiger partial charge in [-0.15, -0.1) is 0 Å². The summed E-state index contributed by atoms with van der Waals surface area (Å²) in [6, 6.07) is 3.50. The van der Waals surface area contributed by atoms with Crippen molar-refractivity contribution in [3.63, 3.8) is 0 Å². The Kier molecular flexibility index (Phi) is 5.00. The third kappa shape index (κ3) is 3.37. The van der Waals surface area contributed by atoms with Crippen LogP contribution in [0.1, 0.15) is 74.2 Å². The number of carbonyl (C=O) groups excluding carboxylic acids is 1. The number of nitrogens with zero attached hydrogens (tertiary/aromatic N) is 3. The molecule has 0 radical (unpaired) electrons. The summed E-state index contributed by atoms with van der Waals surface area (Å²) in [6.07, 6.45) is 0.810. The molecular weight excluding hydrogens is 280 g/mol. The molecule has 0 unspecified atom stereocenters. The molecule has 2 aromatic heterocycles. The minimum absolute atomic E-state index is 0.150. The number of aryl methyl sites for hydroxylation is 2. The Morgan fingerprint density at radius 2 is 2.05 bits per heavy atom. The Morgan fingerprint density at radius 3 is 2.59 bits per heavy atom. The number of hydrogen-bond acceptors (Lipinski definition) is 4. The molecule has 2 rings (SSSR count). The third-order valence-electron chi connectivity index (χ3n) is 3.64. The molecule has 120 valence electrons. The van der Waals surface area contributed by atoms with Gasteiger partial charge in [-0.05, 0) is 32.3 Å². The summed E-state index contributed by atoms with van der Waals surface area (Å²) < 4.78 is 7.00. The number of nitrogens with one attached hydrogen (secondary N) is 1. The second kappa shape index (κ2) is 6.77. The van der Waals surface area contributed by atoms with Gasteiger partial charge in [-0.1, -0.05) is 25.9 Å². The van der Waals surface area contributed by atoms with Crippen LogP contribution in [0.5, 0.6) is 0 Å². The first kappa shape index (κ1) is 16.3. The Morgan fingerprint density at radius 1 is 1.32 bits per heavy atom. The average molecular weight is 304 g/mol. The number of hydrogen-bond donors (Lipinski definition) is 1. The van der Waals surface area contributed by atoms with Crippen LogP contribution in [0.2, 0.25) is 0 Å². The third-order valence-corrected chi connectivity index (χ3v) is 3.64. The largest absolute Gasteiger partial charge is 0.359 e. The van der Waals surface area contributed by atoms with Crippen LogP contribution < -0.4 is 5.32 Å². The van der Waals surface area contributed by atoms with Crippen molar-refractivity contribution in [3.8, 4) is 0 Å². The first-order chi connectivity index (χ1) is 10.5. The van der Waals surface area contributed by atoms with E-state index in [4.69, 9.17) is 4.52 Å². The normalized spacial score (nSPS) is 12.6. The standard InChI is InChI=1S/C16H24N4O2/c1-6-12-8-15(22-19-12)11(5)17-16(21)14-9-13(10(3)4)18-20(14)7-2/h8-11H,6-7H2,1-5H3,(H,17,21)/t11-/m0/s1. The van der Waals surface area contributed by atoms with Crippen LogP contribution in [0.15, 0.2) is 16.7 Å². The van der Waals surface area contributed by atoms with E-state index in [0.29, 0.717) is 18.0 Å².